The van der Waals surface area contributed by atoms with E-state index in [-0.39, 0.29) is 12.5 Å². The van der Waals surface area contributed by atoms with Crippen molar-refractivity contribution in [1.29, 1.82) is 0 Å². The van der Waals surface area contributed by atoms with Crippen molar-refractivity contribution in [2.24, 2.45) is 5.41 Å². The maximum Gasteiger partial charge on any atom is 0.323 e. The maximum absolute atomic E-state index is 12.1. The van der Waals surface area contributed by atoms with Gasteiger partial charge in [0.1, 0.15) is 12.4 Å². The van der Waals surface area contributed by atoms with E-state index in [0.29, 0.717) is 27.8 Å². The van der Waals surface area contributed by atoms with Gasteiger partial charge < -0.3 is 20.7 Å². The van der Waals surface area contributed by atoms with Gasteiger partial charge in [-0.1, -0.05) is 17.7 Å². The van der Waals surface area contributed by atoms with Crippen molar-refractivity contribution in [2.75, 3.05) is 22.6 Å². The van der Waals surface area contributed by atoms with Crippen molar-refractivity contribution in [3.8, 4) is 5.75 Å². The van der Waals surface area contributed by atoms with E-state index in [9.17, 15) is 9.59 Å². The minimum Gasteiger partial charge on any atom is -0.490 e. The summed E-state index contributed by atoms with van der Waals surface area (Å²) in [6.07, 6.45) is 0. The maximum atomic E-state index is 12.1. The van der Waals surface area contributed by atoms with E-state index >= 15 is 0 Å². The number of hydrogen-bond acceptors (Lipinski definition) is 3. The van der Waals surface area contributed by atoms with Gasteiger partial charge in [0.25, 0.3) is 0 Å². The highest BCUT2D eigenvalue weighted by atomic mass is 35.5. The van der Waals surface area contributed by atoms with Gasteiger partial charge in [-0.3, -0.25) is 4.79 Å². The molecule has 2 aromatic carbocycles. The van der Waals surface area contributed by atoms with Crippen LogP contribution in [0.3, 0.4) is 0 Å². The highest BCUT2D eigenvalue weighted by molar-refractivity contribution is 6.30. The first-order valence-electron chi connectivity index (χ1n) is 7.75. The lowest BCUT2D eigenvalue weighted by Crippen LogP contribution is -2.33. The standard InChI is InChI=1S/C18H18ClN3O3/c1-18(2)10-25-15-9-13(6-7-14(15)22-16(18)23)21-17(24)20-12-5-3-4-11(19)8-12/h3-9H,10H2,1-2H3,(H,22,23)(H2,20,21,24). The summed E-state index contributed by atoms with van der Waals surface area (Å²) in [7, 11) is 0. The third kappa shape index (κ3) is 4.03. The number of ether oxygens (including phenoxy) is 1. The van der Waals surface area contributed by atoms with Crippen LogP contribution in [0.1, 0.15) is 13.8 Å². The van der Waals surface area contributed by atoms with Gasteiger partial charge in [-0.25, -0.2) is 4.79 Å². The zero-order chi connectivity index (χ0) is 18.0. The third-order valence-corrected chi connectivity index (χ3v) is 4.01. The van der Waals surface area contributed by atoms with Crippen LogP contribution in [-0.4, -0.2) is 18.5 Å². The van der Waals surface area contributed by atoms with E-state index in [2.05, 4.69) is 16.0 Å². The highest BCUT2D eigenvalue weighted by Gasteiger charge is 2.32. The Kier molecular flexibility index (Phi) is 4.55. The lowest BCUT2D eigenvalue weighted by Gasteiger charge is -2.18. The fraction of sp³-hybridized carbons (Fsp3) is 0.222. The molecule has 0 saturated carbocycles. The molecule has 3 rings (SSSR count). The quantitative estimate of drug-likeness (QED) is 0.746. The molecule has 1 aliphatic heterocycles. The molecule has 7 heteroatoms. The fourth-order valence-electron chi connectivity index (χ4n) is 2.30. The number of nitrogens with one attached hydrogen (secondary N) is 3. The molecular formula is C18H18ClN3O3. The molecule has 0 radical (unpaired) electrons. The summed E-state index contributed by atoms with van der Waals surface area (Å²) in [6.45, 7) is 3.88. The first-order chi connectivity index (χ1) is 11.8. The highest BCUT2D eigenvalue weighted by Crippen LogP contribution is 2.34. The van der Waals surface area contributed by atoms with Gasteiger partial charge in [0.05, 0.1) is 11.1 Å². The Morgan fingerprint density at radius 3 is 2.60 bits per heavy atom. The molecule has 3 amide bonds. The number of fused-ring (bicyclic) bond motifs is 1. The lowest BCUT2D eigenvalue weighted by atomic mass is 9.94. The van der Waals surface area contributed by atoms with Crippen LogP contribution in [0.5, 0.6) is 5.75 Å². The molecule has 2 aromatic rings. The Bertz CT molecular complexity index is 836. The molecule has 3 N–H and O–H groups in total. The molecule has 0 saturated heterocycles. The average Bonchev–Trinajstić information content (AvgIpc) is 2.64. The van der Waals surface area contributed by atoms with Crippen LogP contribution in [0.15, 0.2) is 42.5 Å². The smallest absolute Gasteiger partial charge is 0.323 e. The molecule has 0 spiro atoms. The van der Waals surface area contributed by atoms with Crippen LogP contribution in [0.4, 0.5) is 21.9 Å². The van der Waals surface area contributed by atoms with Gasteiger partial charge >= 0.3 is 6.03 Å². The van der Waals surface area contributed by atoms with Gasteiger partial charge in [0, 0.05) is 22.5 Å². The normalized spacial score (nSPS) is 15.2. The first kappa shape index (κ1) is 17.1. The Morgan fingerprint density at radius 2 is 1.88 bits per heavy atom. The number of carbonyl (C=O) groups excluding carboxylic acids is 2. The van der Waals surface area contributed by atoms with Crippen LogP contribution in [-0.2, 0) is 4.79 Å². The number of amides is 3. The summed E-state index contributed by atoms with van der Waals surface area (Å²) in [6, 6.07) is 11.5. The molecule has 25 heavy (non-hydrogen) atoms. The number of benzene rings is 2. The number of rotatable bonds is 2. The van der Waals surface area contributed by atoms with E-state index in [1.54, 1.807) is 42.5 Å². The van der Waals surface area contributed by atoms with E-state index < -0.39 is 11.4 Å². The van der Waals surface area contributed by atoms with Crippen LogP contribution in [0, 0.1) is 5.41 Å². The summed E-state index contributed by atoms with van der Waals surface area (Å²) < 4.78 is 5.72. The number of halogens is 1. The van der Waals surface area contributed by atoms with E-state index in [1.165, 1.54) is 0 Å². The van der Waals surface area contributed by atoms with E-state index in [4.69, 9.17) is 16.3 Å². The molecular weight excluding hydrogens is 342 g/mol. The van der Waals surface area contributed by atoms with Crippen molar-refractivity contribution in [1.82, 2.24) is 0 Å². The fourth-order valence-corrected chi connectivity index (χ4v) is 2.49. The molecule has 0 unspecified atom stereocenters. The van der Waals surface area contributed by atoms with Gasteiger partial charge in [-0.15, -0.1) is 0 Å². The largest absolute Gasteiger partial charge is 0.490 e. The van der Waals surface area contributed by atoms with Crippen molar-refractivity contribution < 1.29 is 14.3 Å². The molecule has 0 aromatic heterocycles. The Morgan fingerprint density at radius 1 is 1.16 bits per heavy atom. The molecule has 1 aliphatic rings. The minimum absolute atomic E-state index is 0.106. The van der Waals surface area contributed by atoms with Crippen LogP contribution in [0.25, 0.3) is 0 Å². The van der Waals surface area contributed by atoms with Crippen LogP contribution < -0.4 is 20.7 Å². The second-order valence-electron chi connectivity index (χ2n) is 6.43. The van der Waals surface area contributed by atoms with Crippen LogP contribution >= 0.6 is 11.6 Å². The first-order valence-corrected chi connectivity index (χ1v) is 8.13. The van der Waals surface area contributed by atoms with Gasteiger partial charge in [-0.2, -0.15) is 0 Å². The monoisotopic (exact) mass is 359 g/mol. The summed E-state index contributed by atoms with van der Waals surface area (Å²) in [4.78, 5) is 24.2. The molecule has 130 valence electrons. The second kappa shape index (κ2) is 6.64. The van der Waals surface area contributed by atoms with Crippen molar-refractivity contribution in [3.63, 3.8) is 0 Å². The number of urea groups is 1. The lowest BCUT2D eigenvalue weighted by molar-refractivity contribution is -0.124. The molecule has 0 atom stereocenters. The molecule has 0 bridgehead atoms. The molecule has 6 nitrogen and oxygen atoms in total. The molecule has 0 aliphatic carbocycles. The molecule has 1 heterocycles. The summed E-state index contributed by atoms with van der Waals surface area (Å²) in [5.74, 6) is 0.408. The number of carbonyl (C=O) groups is 2. The van der Waals surface area contributed by atoms with Crippen molar-refractivity contribution in [2.45, 2.75) is 13.8 Å². The SMILES string of the molecule is CC1(C)COc2cc(NC(=O)Nc3cccc(Cl)c3)ccc2NC1=O. The predicted octanol–water partition coefficient (Wildman–Crippen LogP) is 4.34. The van der Waals surface area contributed by atoms with Gasteiger partial charge in [0.15, 0.2) is 0 Å². The van der Waals surface area contributed by atoms with E-state index in [1.807, 2.05) is 13.8 Å². The summed E-state index contributed by atoms with van der Waals surface area (Å²) >= 11 is 5.90. The summed E-state index contributed by atoms with van der Waals surface area (Å²) in [5.41, 5.74) is 1.09. The number of hydrogen-bond donors (Lipinski definition) is 3. The zero-order valence-corrected chi connectivity index (χ0v) is 14.6. The zero-order valence-electron chi connectivity index (χ0n) is 13.9. The predicted molar refractivity (Wildman–Crippen MR) is 98.4 cm³/mol. The van der Waals surface area contributed by atoms with Gasteiger partial charge in [-0.05, 0) is 44.2 Å². The average molecular weight is 360 g/mol. The molecule has 0 fully saturated rings. The Hall–Kier alpha value is -2.73. The van der Waals surface area contributed by atoms with Crippen molar-refractivity contribution in [3.05, 3.63) is 47.5 Å². The number of anilines is 3. The topological polar surface area (TPSA) is 79.5 Å². The third-order valence-electron chi connectivity index (χ3n) is 3.77. The Balaban J connectivity index is 1.71. The van der Waals surface area contributed by atoms with Gasteiger partial charge in [0.2, 0.25) is 5.91 Å². The van der Waals surface area contributed by atoms with Crippen molar-refractivity contribution >= 4 is 40.6 Å². The van der Waals surface area contributed by atoms with E-state index in [0.717, 1.165) is 0 Å². The summed E-state index contributed by atoms with van der Waals surface area (Å²) in [5, 5.41) is 8.79. The minimum atomic E-state index is -0.628. The van der Waals surface area contributed by atoms with Crippen LogP contribution in [0.2, 0.25) is 5.02 Å². The Labute approximate surface area is 150 Å². The second-order valence-corrected chi connectivity index (χ2v) is 6.86.